The Morgan fingerprint density at radius 2 is 1.85 bits per heavy atom. The number of non-ortho nitro benzene ring substituents is 1. The molecule has 2 aromatic carbocycles. The van der Waals surface area contributed by atoms with Gasteiger partial charge in [-0.1, -0.05) is 0 Å². The summed E-state index contributed by atoms with van der Waals surface area (Å²) in [5.41, 5.74) is 5.89. The predicted octanol–water partition coefficient (Wildman–Crippen LogP) is 2.57. The summed E-state index contributed by atoms with van der Waals surface area (Å²) in [4.78, 5) is 21.8. The number of benzene rings is 2. The lowest BCUT2D eigenvalue weighted by Gasteiger charge is -2.05. The minimum atomic E-state index is -0.799. The minimum Gasteiger partial charge on any atom is -0.399 e. The highest BCUT2D eigenvalue weighted by Gasteiger charge is 2.12. The van der Waals surface area contributed by atoms with Gasteiger partial charge in [0.25, 0.3) is 11.6 Å². The van der Waals surface area contributed by atoms with E-state index in [1.54, 1.807) is 12.1 Å². The fourth-order valence-electron chi connectivity index (χ4n) is 1.59. The van der Waals surface area contributed by atoms with Gasteiger partial charge < -0.3 is 11.1 Å². The summed E-state index contributed by atoms with van der Waals surface area (Å²) in [5, 5.41) is 13.0. The molecule has 1 amide bonds. The van der Waals surface area contributed by atoms with Crippen molar-refractivity contribution >= 4 is 23.0 Å². The molecule has 6 nitrogen and oxygen atoms in total. The fraction of sp³-hybridized carbons (Fsp3) is 0. The first-order valence-electron chi connectivity index (χ1n) is 5.57. The zero-order valence-electron chi connectivity index (χ0n) is 10.2. The molecule has 0 bridgehead atoms. The van der Waals surface area contributed by atoms with E-state index in [9.17, 15) is 19.3 Å². The van der Waals surface area contributed by atoms with Gasteiger partial charge in [-0.3, -0.25) is 14.9 Å². The van der Waals surface area contributed by atoms with Crippen LogP contribution in [0.5, 0.6) is 0 Å². The minimum absolute atomic E-state index is 0.0125. The first kappa shape index (κ1) is 13.5. The molecule has 0 radical (unpaired) electrons. The number of nitrogens with two attached hydrogens (primary N) is 1. The zero-order chi connectivity index (χ0) is 14.7. The molecule has 0 aliphatic rings. The van der Waals surface area contributed by atoms with Crippen LogP contribution in [-0.2, 0) is 0 Å². The summed E-state index contributed by atoms with van der Waals surface area (Å²) >= 11 is 0. The number of halogens is 1. The van der Waals surface area contributed by atoms with Crippen LogP contribution in [-0.4, -0.2) is 10.8 Å². The van der Waals surface area contributed by atoms with Crippen LogP contribution < -0.4 is 11.1 Å². The van der Waals surface area contributed by atoms with E-state index < -0.39 is 22.3 Å². The zero-order valence-corrected chi connectivity index (χ0v) is 10.2. The number of nitrogens with one attached hydrogen (secondary N) is 1. The highest BCUT2D eigenvalue weighted by molar-refractivity contribution is 6.04. The van der Waals surface area contributed by atoms with E-state index in [0.29, 0.717) is 11.3 Å². The number of carbonyl (C=O) groups excluding carboxylic acids is 1. The lowest BCUT2D eigenvalue weighted by atomic mass is 10.2. The maximum atomic E-state index is 13.2. The van der Waals surface area contributed by atoms with E-state index in [0.717, 1.165) is 18.2 Å². The highest BCUT2D eigenvalue weighted by atomic mass is 19.1. The SMILES string of the molecule is Nc1ccc(C(=O)Nc2cc(F)cc([N+](=O)[O-])c2)cc1. The van der Waals surface area contributed by atoms with Crippen LogP contribution in [0, 0.1) is 15.9 Å². The molecule has 0 fully saturated rings. The van der Waals surface area contributed by atoms with Gasteiger partial charge in [0.1, 0.15) is 5.82 Å². The second-order valence-corrected chi connectivity index (χ2v) is 4.03. The quantitative estimate of drug-likeness (QED) is 0.511. The van der Waals surface area contributed by atoms with E-state index >= 15 is 0 Å². The molecule has 2 aromatic rings. The van der Waals surface area contributed by atoms with Crippen molar-refractivity contribution in [1.82, 2.24) is 0 Å². The Morgan fingerprint density at radius 3 is 2.45 bits per heavy atom. The first-order valence-corrected chi connectivity index (χ1v) is 5.57. The number of nitrogen functional groups attached to an aromatic ring is 1. The number of hydrogen-bond donors (Lipinski definition) is 2. The second kappa shape index (κ2) is 5.35. The van der Waals surface area contributed by atoms with E-state index in [1.807, 2.05) is 0 Å². The summed E-state index contributed by atoms with van der Waals surface area (Å²) in [7, 11) is 0. The van der Waals surface area contributed by atoms with Gasteiger partial charge in [0.05, 0.1) is 16.7 Å². The van der Waals surface area contributed by atoms with Crippen molar-refractivity contribution in [1.29, 1.82) is 0 Å². The maximum absolute atomic E-state index is 13.2. The second-order valence-electron chi connectivity index (χ2n) is 4.03. The van der Waals surface area contributed by atoms with Crippen molar-refractivity contribution < 1.29 is 14.1 Å². The lowest BCUT2D eigenvalue weighted by molar-refractivity contribution is -0.385. The molecule has 0 spiro atoms. The Bertz CT molecular complexity index is 671. The number of nitrogens with zero attached hydrogens (tertiary/aromatic N) is 1. The van der Waals surface area contributed by atoms with Crippen LogP contribution in [0.3, 0.4) is 0 Å². The standard InChI is InChI=1S/C13H10FN3O3/c14-9-5-11(7-12(6-9)17(19)20)16-13(18)8-1-3-10(15)4-2-8/h1-7H,15H2,(H,16,18). The van der Waals surface area contributed by atoms with Gasteiger partial charge in [0.2, 0.25) is 0 Å². The number of hydrogen-bond acceptors (Lipinski definition) is 4. The Morgan fingerprint density at radius 1 is 1.20 bits per heavy atom. The third-order valence-electron chi connectivity index (χ3n) is 2.52. The number of amides is 1. The van der Waals surface area contributed by atoms with Gasteiger partial charge in [0, 0.05) is 17.3 Å². The van der Waals surface area contributed by atoms with Crippen LogP contribution in [0.2, 0.25) is 0 Å². The monoisotopic (exact) mass is 275 g/mol. The number of carbonyl (C=O) groups is 1. The van der Waals surface area contributed by atoms with Crippen LogP contribution in [0.15, 0.2) is 42.5 Å². The summed E-state index contributed by atoms with van der Waals surface area (Å²) in [5.74, 6) is -1.31. The van der Waals surface area contributed by atoms with Crippen molar-refractivity contribution in [2.45, 2.75) is 0 Å². The number of nitro groups is 1. The molecular weight excluding hydrogens is 265 g/mol. The summed E-state index contributed by atoms with van der Waals surface area (Å²) in [6.45, 7) is 0. The molecule has 0 aliphatic carbocycles. The molecule has 7 heteroatoms. The molecule has 2 rings (SSSR count). The van der Waals surface area contributed by atoms with Gasteiger partial charge >= 0.3 is 0 Å². The summed E-state index contributed by atoms with van der Waals surface area (Å²) in [6.07, 6.45) is 0. The van der Waals surface area contributed by atoms with Crippen LogP contribution in [0.1, 0.15) is 10.4 Å². The van der Waals surface area contributed by atoms with Gasteiger partial charge in [-0.15, -0.1) is 0 Å². The molecule has 102 valence electrons. The third-order valence-corrected chi connectivity index (χ3v) is 2.52. The van der Waals surface area contributed by atoms with Crippen molar-refractivity contribution in [3.05, 3.63) is 64.0 Å². The van der Waals surface area contributed by atoms with Gasteiger partial charge in [-0.25, -0.2) is 4.39 Å². The summed E-state index contributed by atoms with van der Waals surface area (Å²) < 4.78 is 13.2. The third kappa shape index (κ3) is 3.08. The van der Waals surface area contributed by atoms with Crippen LogP contribution in [0.25, 0.3) is 0 Å². The molecule has 0 aromatic heterocycles. The molecule has 0 heterocycles. The average Bonchev–Trinajstić information content (AvgIpc) is 2.38. The fourth-order valence-corrected chi connectivity index (χ4v) is 1.59. The molecular formula is C13H10FN3O3. The van der Waals surface area contributed by atoms with Gasteiger partial charge in [0.15, 0.2) is 0 Å². The number of nitro benzene ring substituents is 1. The van der Waals surface area contributed by atoms with Crippen LogP contribution >= 0.6 is 0 Å². The molecule has 0 atom stereocenters. The molecule has 0 saturated heterocycles. The van der Waals surface area contributed by atoms with E-state index in [2.05, 4.69) is 5.32 Å². The normalized spacial score (nSPS) is 10.1. The Hall–Kier alpha value is -2.96. The van der Waals surface area contributed by atoms with Gasteiger partial charge in [-0.05, 0) is 30.3 Å². The molecule has 3 N–H and O–H groups in total. The maximum Gasteiger partial charge on any atom is 0.274 e. The van der Waals surface area contributed by atoms with Crippen molar-refractivity contribution in [2.75, 3.05) is 11.1 Å². The Labute approximate surface area is 113 Å². The van der Waals surface area contributed by atoms with Crippen molar-refractivity contribution in [2.24, 2.45) is 0 Å². The first-order chi connectivity index (χ1) is 9.45. The number of anilines is 2. The molecule has 0 saturated carbocycles. The lowest BCUT2D eigenvalue weighted by Crippen LogP contribution is -2.12. The van der Waals surface area contributed by atoms with Crippen molar-refractivity contribution in [3.8, 4) is 0 Å². The van der Waals surface area contributed by atoms with Crippen molar-refractivity contribution in [3.63, 3.8) is 0 Å². The van der Waals surface area contributed by atoms with Gasteiger partial charge in [-0.2, -0.15) is 0 Å². The van der Waals surface area contributed by atoms with E-state index in [4.69, 9.17) is 5.73 Å². The highest BCUT2D eigenvalue weighted by Crippen LogP contribution is 2.20. The summed E-state index contributed by atoms with van der Waals surface area (Å²) in [6, 6.07) is 8.95. The van der Waals surface area contributed by atoms with E-state index in [1.165, 1.54) is 12.1 Å². The Kier molecular flexibility index (Phi) is 3.60. The molecule has 20 heavy (non-hydrogen) atoms. The Balaban J connectivity index is 2.23. The smallest absolute Gasteiger partial charge is 0.274 e. The predicted molar refractivity (Wildman–Crippen MR) is 71.9 cm³/mol. The van der Waals surface area contributed by atoms with E-state index in [-0.39, 0.29) is 5.69 Å². The number of rotatable bonds is 3. The molecule has 0 aliphatic heterocycles. The molecule has 0 unspecified atom stereocenters. The van der Waals surface area contributed by atoms with Crippen LogP contribution in [0.4, 0.5) is 21.5 Å². The largest absolute Gasteiger partial charge is 0.399 e. The topological polar surface area (TPSA) is 98.3 Å². The average molecular weight is 275 g/mol.